The molecule has 0 amide bonds. The summed E-state index contributed by atoms with van der Waals surface area (Å²) < 4.78 is 5.14. The third kappa shape index (κ3) is 4.31. The Labute approximate surface area is 80.3 Å². The third-order valence-corrected chi connectivity index (χ3v) is 2.20. The quantitative estimate of drug-likeness (QED) is 0.399. The van der Waals surface area contributed by atoms with Gasteiger partial charge in [0.2, 0.25) is 0 Å². The van der Waals surface area contributed by atoms with Gasteiger partial charge in [-0.15, -0.1) is 11.8 Å². The maximum atomic E-state index is 8.68. The minimum Gasteiger partial charge on any atom is -0.394 e. The summed E-state index contributed by atoms with van der Waals surface area (Å²) in [5, 5.41) is 8.68. The Morgan fingerprint density at radius 1 is 1.23 bits per heavy atom. The van der Waals surface area contributed by atoms with Gasteiger partial charge in [0.05, 0.1) is 12.7 Å². The molecule has 0 spiro atoms. The molecule has 2 nitrogen and oxygen atoms in total. The zero-order valence-electron chi connectivity index (χ0n) is 8.25. The minimum absolute atomic E-state index is 0.0740. The highest BCUT2D eigenvalue weighted by Crippen LogP contribution is 2.23. The van der Waals surface area contributed by atoms with Crippen molar-refractivity contribution in [1.82, 2.24) is 0 Å². The molecule has 13 heavy (non-hydrogen) atoms. The highest BCUT2D eigenvalue weighted by Gasteiger charge is 2.36. The van der Waals surface area contributed by atoms with E-state index in [0.717, 1.165) is 12.8 Å². The summed E-state index contributed by atoms with van der Waals surface area (Å²) in [6.07, 6.45) is 5.81. The lowest BCUT2D eigenvalue weighted by molar-refractivity contribution is 0.242. The van der Waals surface area contributed by atoms with Crippen molar-refractivity contribution in [1.29, 1.82) is 0 Å². The molecule has 2 atom stereocenters. The van der Waals surface area contributed by atoms with E-state index in [2.05, 4.69) is 18.8 Å². The van der Waals surface area contributed by atoms with Gasteiger partial charge >= 0.3 is 0 Å². The van der Waals surface area contributed by atoms with E-state index in [1.165, 1.54) is 19.3 Å². The normalized spacial score (nSPS) is 25.1. The molecule has 1 saturated heterocycles. The molecule has 1 rings (SSSR count). The summed E-state index contributed by atoms with van der Waals surface area (Å²) in [7, 11) is 0. The maximum absolute atomic E-state index is 8.68. The first kappa shape index (κ1) is 10.6. The summed E-state index contributed by atoms with van der Waals surface area (Å²) in [6, 6.07) is 0. The van der Waals surface area contributed by atoms with Gasteiger partial charge in [0.25, 0.3) is 0 Å². The minimum atomic E-state index is 0.0740. The van der Waals surface area contributed by atoms with Crippen LogP contribution in [-0.4, -0.2) is 23.9 Å². The van der Waals surface area contributed by atoms with Crippen molar-refractivity contribution < 1.29 is 9.84 Å². The lowest BCUT2D eigenvalue weighted by Crippen LogP contribution is -1.97. The molecule has 0 aliphatic carbocycles. The fourth-order valence-corrected chi connectivity index (χ4v) is 1.24. The molecule has 0 bridgehead atoms. The molecule has 0 unspecified atom stereocenters. The maximum Gasteiger partial charge on any atom is 0.108 e. The molecule has 0 aromatic rings. The van der Waals surface area contributed by atoms with Gasteiger partial charge in [0.1, 0.15) is 6.10 Å². The smallest absolute Gasteiger partial charge is 0.108 e. The molecule has 0 aromatic heterocycles. The summed E-state index contributed by atoms with van der Waals surface area (Å²) in [6.45, 7) is 2.33. The molecule has 0 radical (unpaired) electrons. The number of hydrogen-bond donors (Lipinski definition) is 1. The van der Waals surface area contributed by atoms with Crippen LogP contribution in [0.4, 0.5) is 0 Å². The largest absolute Gasteiger partial charge is 0.394 e. The number of rotatable bonds is 5. The van der Waals surface area contributed by atoms with E-state index in [1.807, 2.05) is 0 Å². The van der Waals surface area contributed by atoms with Crippen LogP contribution in [0.15, 0.2) is 0 Å². The van der Waals surface area contributed by atoms with E-state index in [-0.39, 0.29) is 18.8 Å². The van der Waals surface area contributed by atoms with Crippen molar-refractivity contribution in [3.63, 3.8) is 0 Å². The van der Waals surface area contributed by atoms with Crippen molar-refractivity contribution in [3.05, 3.63) is 0 Å². The summed E-state index contributed by atoms with van der Waals surface area (Å²) in [5.74, 6) is 6.21. The number of aliphatic hydroxyl groups is 1. The molecule has 1 aliphatic rings. The van der Waals surface area contributed by atoms with Crippen LogP contribution in [0.1, 0.15) is 39.0 Å². The summed E-state index contributed by atoms with van der Waals surface area (Å²) in [5.41, 5.74) is 0. The van der Waals surface area contributed by atoms with E-state index in [1.54, 1.807) is 0 Å². The first-order valence-corrected chi connectivity index (χ1v) is 5.10. The number of ether oxygens (including phenoxy) is 1. The number of epoxide rings is 1. The van der Waals surface area contributed by atoms with Gasteiger partial charge in [-0.3, -0.25) is 0 Å². The Balaban J connectivity index is 1.93. The Bertz CT molecular complexity index is 190. The lowest BCUT2D eigenvalue weighted by atomic mass is 10.2. The van der Waals surface area contributed by atoms with Gasteiger partial charge in [-0.25, -0.2) is 0 Å². The van der Waals surface area contributed by atoms with E-state index >= 15 is 0 Å². The SMILES string of the molecule is CCCCCC#CC[C@@H]1O[C@H]1CO. The van der Waals surface area contributed by atoms with E-state index in [4.69, 9.17) is 9.84 Å². The highest BCUT2D eigenvalue weighted by atomic mass is 16.6. The Kier molecular flexibility index (Phi) is 4.88. The zero-order valence-corrected chi connectivity index (χ0v) is 8.25. The van der Waals surface area contributed by atoms with Crippen molar-refractivity contribution in [2.45, 2.75) is 51.2 Å². The number of unbranched alkanes of at least 4 members (excludes halogenated alkanes) is 3. The molecule has 74 valence electrons. The van der Waals surface area contributed by atoms with Crippen LogP contribution in [0.3, 0.4) is 0 Å². The highest BCUT2D eigenvalue weighted by molar-refractivity contribution is 5.04. The van der Waals surface area contributed by atoms with Gasteiger partial charge in [0.15, 0.2) is 0 Å². The van der Waals surface area contributed by atoms with E-state index < -0.39 is 0 Å². The van der Waals surface area contributed by atoms with Crippen molar-refractivity contribution in [2.24, 2.45) is 0 Å². The van der Waals surface area contributed by atoms with Gasteiger partial charge < -0.3 is 9.84 Å². The number of aliphatic hydroxyl groups excluding tert-OH is 1. The molecule has 1 fully saturated rings. The second kappa shape index (κ2) is 6.01. The predicted molar refractivity (Wildman–Crippen MR) is 52.3 cm³/mol. The molecule has 0 aromatic carbocycles. The topological polar surface area (TPSA) is 32.8 Å². The average Bonchev–Trinajstić information content (AvgIpc) is 2.90. The molecule has 0 saturated carbocycles. The van der Waals surface area contributed by atoms with Crippen LogP contribution >= 0.6 is 0 Å². The number of hydrogen-bond acceptors (Lipinski definition) is 2. The average molecular weight is 182 g/mol. The second-order valence-corrected chi connectivity index (χ2v) is 3.41. The molecule has 1 N–H and O–H groups in total. The van der Waals surface area contributed by atoms with Crippen molar-refractivity contribution >= 4 is 0 Å². The van der Waals surface area contributed by atoms with Crippen molar-refractivity contribution in [2.75, 3.05) is 6.61 Å². The summed E-state index contributed by atoms with van der Waals surface area (Å²) >= 11 is 0. The van der Waals surface area contributed by atoms with Gasteiger partial charge in [-0.05, 0) is 6.42 Å². The predicted octanol–water partition coefficient (Wildman–Crippen LogP) is 1.72. The van der Waals surface area contributed by atoms with Gasteiger partial charge in [-0.1, -0.05) is 19.8 Å². The van der Waals surface area contributed by atoms with Crippen LogP contribution in [0, 0.1) is 11.8 Å². The standard InChI is InChI=1S/C11H18O2/c1-2-3-4-5-6-7-8-10-11(9-12)13-10/h10-12H,2-5,8-9H2,1H3/t10-,11-/m0/s1. The van der Waals surface area contributed by atoms with E-state index in [9.17, 15) is 0 Å². The molecule has 1 heterocycles. The second-order valence-electron chi connectivity index (χ2n) is 3.41. The Morgan fingerprint density at radius 2 is 2.08 bits per heavy atom. The van der Waals surface area contributed by atoms with Crippen molar-refractivity contribution in [3.8, 4) is 11.8 Å². The lowest BCUT2D eigenvalue weighted by Gasteiger charge is -1.88. The summed E-state index contributed by atoms with van der Waals surface area (Å²) in [4.78, 5) is 0. The first-order valence-electron chi connectivity index (χ1n) is 5.10. The van der Waals surface area contributed by atoms with Gasteiger partial charge in [-0.2, -0.15) is 0 Å². The van der Waals surface area contributed by atoms with Crippen LogP contribution in [0.25, 0.3) is 0 Å². The van der Waals surface area contributed by atoms with Gasteiger partial charge in [0, 0.05) is 12.8 Å². The molecular formula is C11H18O2. The monoisotopic (exact) mass is 182 g/mol. The molecular weight excluding hydrogens is 164 g/mol. The fourth-order valence-electron chi connectivity index (χ4n) is 1.24. The Morgan fingerprint density at radius 3 is 2.69 bits per heavy atom. The fraction of sp³-hybridized carbons (Fsp3) is 0.818. The van der Waals surface area contributed by atoms with Crippen LogP contribution < -0.4 is 0 Å². The first-order chi connectivity index (χ1) is 6.38. The van der Waals surface area contributed by atoms with Crippen LogP contribution in [0.2, 0.25) is 0 Å². The zero-order chi connectivity index (χ0) is 9.52. The molecule has 2 heteroatoms. The molecule has 1 aliphatic heterocycles. The van der Waals surface area contributed by atoms with Crippen LogP contribution in [0.5, 0.6) is 0 Å². The van der Waals surface area contributed by atoms with Crippen LogP contribution in [-0.2, 0) is 4.74 Å². The third-order valence-electron chi connectivity index (χ3n) is 2.20. The Hall–Kier alpha value is -0.520. The van der Waals surface area contributed by atoms with E-state index in [0.29, 0.717) is 0 Å².